The predicted molar refractivity (Wildman–Crippen MR) is 75.2 cm³/mol. The van der Waals surface area contributed by atoms with Gasteiger partial charge in [-0.25, -0.2) is 0 Å². The van der Waals surface area contributed by atoms with Gasteiger partial charge >= 0.3 is 6.18 Å². The number of hydrogen-bond donors (Lipinski definition) is 3. The Morgan fingerprint density at radius 3 is 2.50 bits per heavy atom. The second-order valence-electron chi connectivity index (χ2n) is 4.85. The van der Waals surface area contributed by atoms with Crippen LogP contribution in [0.5, 0.6) is 0 Å². The van der Waals surface area contributed by atoms with E-state index in [1.165, 1.54) is 0 Å². The van der Waals surface area contributed by atoms with Crippen molar-refractivity contribution in [1.82, 2.24) is 4.98 Å². The first kappa shape index (κ1) is 16.0. The SMILES string of the molecule is NCCc1c(CC(N)=O)[nH]c2ccc(C(F)(F)F)cc2c1=O. The van der Waals surface area contributed by atoms with Gasteiger partial charge in [-0.1, -0.05) is 0 Å². The number of primary amides is 1. The Morgan fingerprint density at radius 1 is 1.27 bits per heavy atom. The van der Waals surface area contributed by atoms with Gasteiger partial charge in [0.15, 0.2) is 5.43 Å². The molecule has 0 aliphatic heterocycles. The van der Waals surface area contributed by atoms with Crippen LogP contribution in [0, 0.1) is 0 Å². The van der Waals surface area contributed by atoms with Gasteiger partial charge in [0.2, 0.25) is 5.91 Å². The highest BCUT2D eigenvalue weighted by Gasteiger charge is 2.31. The van der Waals surface area contributed by atoms with Crippen molar-refractivity contribution in [3.63, 3.8) is 0 Å². The monoisotopic (exact) mass is 313 g/mol. The standard InChI is InChI=1S/C14H14F3N3O2/c15-14(16,17)7-1-2-10-9(5-7)13(22)8(3-4-18)11(20-10)6-12(19)21/h1-2,5H,3-4,6,18H2,(H2,19,21)(H,20,22). The fourth-order valence-corrected chi connectivity index (χ4v) is 2.29. The number of aromatic amines is 1. The van der Waals surface area contributed by atoms with Crippen molar-refractivity contribution < 1.29 is 18.0 Å². The number of hydrogen-bond acceptors (Lipinski definition) is 3. The summed E-state index contributed by atoms with van der Waals surface area (Å²) >= 11 is 0. The van der Waals surface area contributed by atoms with Gasteiger partial charge in [0.25, 0.3) is 0 Å². The average Bonchev–Trinajstić information content (AvgIpc) is 2.41. The van der Waals surface area contributed by atoms with E-state index >= 15 is 0 Å². The van der Waals surface area contributed by atoms with Crippen LogP contribution < -0.4 is 16.9 Å². The highest BCUT2D eigenvalue weighted by Crippen LogP contribution is 2.30. The Hall–Kier alpha value is -2.35. The van der Waals surface area contributed by atoms with E-state index in [4.69, 9.17) is 11.5 Å². The summed E-state index contributed by atoms with van der Waals surface area (Å²) in [7, 11) is 0. The van der Waals surface area contributed by atoms with Crippen LogP contribution in [0.2, 0.25) is 0 Å². The molecule has 1 amide bonds. The Labute approximate surface area is 123 Å². The minimum absolute atomic E-state index is 0.0912. The number of fused-ring (bicyclic) bond motifs is 1. The molecule has 5 nitrogen and oxygen atoms in total. The summed E-state index contributed by atoms with van der Waals surface area (Å²) in [4.78, 5) is 26.3. The van der Waals surface area contributed by atoms with E-state index in [0.29, 0.717) is 0 Å². The molecule has 0 saturated carbocycles. The quantitative estimate of drug-likeness (QED) is 0.787. The Bertz CT molecular complexity index is 781. The van der Waals surface area contributed by atoms with Crippen molar-refractivity contribution in [3.8, 4) is 0 Å². The minimum atomic E-state index is -4.54. The largest absolute Gasteiger partial charge is 0.416 e. The van der Waals surface area contributed by atoms with Crippen LogP contribution in [0.3, 0.4) is 0 Å². The first-order valence-corrected chi connectivity index (χ1v) is 6.47. The zero-order valence-corrected chi connectivity index (χ0v) is 11.5. The van der Waals surface area contributed by atoms with Crippen LogP contribution in [0.1, 0.15) is 16.8 Å². The average molecular weight is 313 g/mol. The minimum Gasteiger partial charge on any atom is -0.369 e. The highest BCUT2D eigenvalue weighted by atomic mass is 19.4. The predicted octanol–water partition coefficient (Wildman–Crippen LogP) is 1.08. The second kappa shape index (κ2) is 5.80. The number of benzene rings is 1. The molecule has 8 heteroatoms. The summed E-state index contributed by atoms with van der Waals surface area (Å²) in [5, 5.41) is -0.0912. The molecule has 1 aromatic heterocycles. The number of rotatable bonds is 4. The smallest absolute Gasteiger partial charge is 0.369 e. The summed E-state index contributed by atoms with van der Waals surface area (Å²) in [6.45, 7) is 0.124. The van der Waals surface area contributed by atoms with Crippen LogP contribution in [-0.4, -0.2) is 17.4 Å². The maximum atomic E-state index is 12.8. The fourth-order valence-electron chi connectivity index (χ4n) is 2.29. The molecule has 0 radical (unpaired) electrons. The molecule has 2 rings (SSSR count). The number of amides is 1. The Morgan fingerprint density at radius 2 is 1.95 bits per heavy atom. The van der Waals surface area contributed by atoms with E-state index < -0.39 is 23.1 Å². The lowest BCUT2D eigenvalue weighted by Gasteiger charge is -2.12. The van der Waals surface area contributed by atoms with Gasteiger partial charge in [0, 0.05) is 22.2 Å². The number of nitrogens with two attached hydrogens (primary N) is 2. The van der Waals surface area contributed by atoms with E-state index in [-0.39, 0.29) is 41.5 Å². The molecule has 1 heterocycles. The highest BCUT2D eigenvalue weighted by molar-refractivity contribution is 5.82. The lowest BCUT2D eigenvalue weighted by atomic mass is 10.0. The van der Waals surface area contributed by atoms with E-state index in [1.807, 2.05) is 0 Å². The lowest BCUT2D eigenvalue weighted by molar-refractivity contribution is -0.137. The molecular weight excluding hydrogens is 299 g/mol. The van der Waals surface area contributed by atoms with E-state index in [1.54, 1.807) is 0 Å². The summed E-state index contributed by atoms with van der Waals surface area (Å²) in [6.07, 6.45) is -4.60. The van der Waals surface area contributed by atoms with Crippen molar-refractivity contribution in [2.24, 2.45) is 11.5 Å². The molecule has 118 valence electrons. The zero-order valence-electron chi connectivity index (χ0n) is 11.5. The van der Waals surface area contributed by atoms with Crippen molar-refractivity contribution in [1.29, 1.82) is 0 Å². The lowest BCUT2D eigenvalue weighted by Crippen LogP contribution is -2.23. The molecule has 1 aromatic carbocycles. The fraction of sp³-hybridized carbons (Fsp3) is 0.286. The van der Waals surface area contributed by atoms with Crippen LogP contribution >= 0.6 is 0 Å². The number of alkyl halides is 3. The first-order valence-electron chi connectivity index (χ1n) is 6.47. The number of pyridine rings is 1. The molecule has 0 atom stereocenters. The molecule has 5 N–H and O–H groups in total. The second-order valence-corrected chi connectivity index (χ2v) is 4.85. The third-order valence-electron chi connectivity index (χ3n) is 3.26. The molecule has 0 unspecified atom stereocenters. The van der Waals surface area contributed by atoms with Gasteiger partial charge in [-0.15, -0.1) is 0 Å². The maximum absolute atomic E-state index is 12.8. The van der Waals surface area contributed by atoms with Gasteiger partial charge in [-0.05, 0) is 31.2 Å². The van der Waals surface area contributed by atoms with Gasteiger partial charge in [-0.3, -0.25) is 9.59 Å². The summed E-state index contributed by atoms with van der Waals surface area (Å²) in [5.41, 5.74) is 9.76. The van der Waals surface area contributed by atoms with Crippen molar-refractivity contribution in [2.75, 3.05) is 6.54 Å². The van der Waals surface area contributed by atoms with Crippen molar-refractivity contribution in [3.05, 3.63) is 45.2 Å². The Kier molecular flexibility index (Phi) is 4.23. The Balaban J connectivity index is 2.73. The summed E-state index contributed by atoms with van der Waals surface area (Å²) in [6, 6.07) is 2.83. The normalized spacial score (nSPS) is 11.8. The maximum Gasteiger partial charge on any atom is 0.416 e. The third-order valence-corrected chi connectivity index (χ3v) is 3.26. The molecule has 22 heavy (non-hydrogen) atoms. The zero-order chi connectivity index (χ0) is 16.5. The number of nitrogens with one attached hydrogen (secondary N) is 1. The van der Waals surface area contributed by atoms with Gasteiger partial charge < -0.3 is 16.5 Å². The number of H-pyrrole nitrogens is 1. The van der Waals surface area contributed by atoms with Crippen LogP contribution in [0.25, 0.3) is 10.9 Å². The molecule has 0 aliphatic carbocycles. The number of aromatic nitrogens is 1. The van der Waals surface area contributed by atoms with Gasteiger partial charge in [0.05, 0.1) is 12.0 Å². The first-order chi connectivity index (χ1) is 10.2. The van der Waals surface area contributed by atoms with Gasteiger partial charge in [0.1, 0.15) is 0 Å². The van der Waals surface area contributed by atoms with Crippen molar-refractivity contribution in [2.45, 2.75) is 19.0 Å². The summed E-state index contributed by atoms with van der Waals surface area (Å²) in [5.74, 6) is -0.653. The molecule has 0 saturated heterocycles. The van der Waals surface area contributed by atoms with Gasteiger partial charge in [-0.2, -0.15) is 13.2 Å². The van der Waals surface area contributed by atoms with E-state index in [2.05, 4.69) is 4.98 Å². The van der Waals surface area contributed by atoms with E-state index in [9.17, 15) is 22.8 Å². The molecule has 0 bridgehead atoms. The molecular formula is C14H14F3N3O2. The van der Waals surface area contributed by atoms with Crippen LogP contribution in [-0.2, 0) is 23.8 Å². The number of carbonyl (C=O) groups excluding carboxylic acids is 1. The molecule has 2 aromatic rings. The van der Waals surface area contributed by atoms with E-state index in [0.717, 1.165) is 18.2 Å². The molecule has 0 aliphatic rings. The number of carbonyl (C=O) groups is 1. The topological polar surface area (TPSA) is 102 Å². The number of halogens is 3. The summed E-state index contributed by atoms with van der Waals surface area (Å²) < 4.78 is 38.3. The molecule has 0 spiro atoms. The van der Waals surface area contributed by atoms with Crippen molar-refractivity contribution >= 4 is 16.8 Å². The molecule has 0 fully saturated rings. The van der Waals surface area contributed by atoms with Crippen LogP contribution in [0.4, 0.5) is 13.2 Å². The third kappa shape index (κ3) is 3.11. The van der Waals surface area contributed by atoms with Crippen LogP contribution in [0.15, 0.2) is 23.0 Å².